The molecular weight excluding hydrogens is 174 g/mol. The maximum atomic E-state index is 5.30. The number of furan rings is 1. The van der Waals surface area contributed by atoms with Crippen molar-refractivity contribution in [1.29, 1.82) is 0 Å². The Morgan fingerprint density at radius 1 is 1.43 bits per heavy atom. The van der Waals surface area contributed by atoms with E-state index in [-0.39, 0.29) is 0 Å². The smallest absolute Gasteiger partial charge is 0.117 e. The van der Waals surface area contributed by atoms with Crippen LogP contribution in [0.25, 0.3) is 0 Å². The zero-order valence-corrected chi connectivity index (χ0v) is 8.83. The van der Waals surface area contributed by atoms with E-state index < -0.39 is 0 Å². The van der Waals surface area contributed by atoms with E-state index in [1.54, 1.807) is 6.26 Å². The lowest BCUT2D eigenvalue weighted by atomic mass is 9.86. The van der Waals surface area contributed by atoms with Crippen LogP contribution >= 0.6 is 0 Å². The Bertz CT molecular complexity index is 255. The molecule has 0 aliphatic heterocycles. The zero-order chi connectivity index (χ0) is 9.80. The van der Waals surface area contributed by atoms with E-state index in [1.165, 1.54) is 25.7 Å². The van der Waals surface area contributed by atoms with Gasteiger partial charge in [-0.05, 0) is 30.9 Å². The molecule has 0 aromatic carbocycles. The minimum Gasteiger partial charge on any atom is -0.468 e. The van der Waals surface area contributed by atoms with Crippen molar-refractivity contribution in [2.75, 3.05) is 0 Å². The summed E-state index contributed by atoms with van der Waals surface area (Å²) in [5, 5.41) is 3.58. The van der Waals surface area contributed by atoms with E-state index in [2.05, 4.69) is 12.2 Å². The van der Waals surface area contributed by atoms with Crippen LogP contribution in [0.4, 0.5) is 0 Å². The zero-order valence-electron chi connectivity index (χ0n) is 8.83. The van der Waals surface area contributed by atoms with Crippen LogP contribution in [0.5, 0.6) is 0 Å². The predicted octanol–water partition coefficient (Wildman–Crippen LogP) is 2.95. The van der Waals surface area contributed by atoms with Crippen LogP contribution in [-0.4, -0.2) is 6.04 Å². The van der Waals surface area contributed by atoms with E-state index >= 15 is 0 Å². The molecule has 0 amide bonds. The Morgan fingerprint density at radius 3 is 3.00 bits per heavy atom. The number of hydrogen-bond donors (Lipinski definition) is 1. The average Bonchev–Trinajstić information content (AvgIpc) is 2.69. The first kappa shape index (κ1) is 9.78. The molecule has 14 heavy (non-hydrogen) atoms. The number of nitrogens with one attached hydrogen (secondary N) is 1. The molecule has 1 heterocycles. The summed E-state index contributed by atoms with van der Waals surface area (Å²) >= 11 is 0. The minimum atomic E-state index is 0.689. The van der Waals surface area contributed by atoms with E-state index in [4.69, 9.17) is 4.42 Å². The fourth-order valence-electron chi connectivity index (χ4n) is 2.26. The summed E-state index contributed by atoms with van der Waals surface area (Å²) < 4.78 is 5.30. The molecule has 1 N–H and O–H groups in total. The van der Waals surface area contributed by atoms with Gasteiger partial charge in [0.05, 0.1) is 12.8 Å². The predicted molar refractivity (Wildman–Crippen MR) is 57.0 cm³/mol. The topological polar surface area (TPSA) is 25.2 Å². The Kier molecular flexibility index (Phi) is 3.25. The highest BCUT2D eigenvalue weighted by molar-refractivity contribution is 4.98. The molecule has 0 radical (unpaired) electrons. The lowest BCUT2D eigenvalue weighted by molar-refractivity contribution is 0.273. The first-order valence-electron chi connectivity index (χ1n) is 5.62. The summed E-state index contributed by atoms with van der Waals surface area (Å²) in [6, 6.07) is 4.66. The Morgan fingerprint density at radius 2 is 2.29 bits per heavy atom. The normalized spacial score (nSPS) is 27.8. The fraction of sp³-hybridized carbons (Fsp3) is 0.667. The van der Waals surface area contributed by atoms with Crippen molar-refractivity contribution in [2.24, 2.45) is 5.92 Å². The highest BCUT2D eigenvalue weighted by Crippen LogP contribution is 2.23. The third kappa shape index (κ3) is 2.38. The van der Waals surface area contributed by atoms with Crippen LogP contribution < -0.4 is 5.32 Å². The van der Waals surface area contributed by atoms with Crippen molar-refractivity contribution in [2.45, 2.75) is 45.2 Å². The van der Waals surface area contributed by atoms with Gasteiger partial charge in [0.15, 0.2) is 0 Å². The van der Waals surface area contributed by atoms with Gasteiger partial charge in [-0.15, -0.1) is 0 Å². The molecule has 1 aliphatic carbocycles. The molecule has 0 spiro atoms. The van der Waals surface area contributed by atoms with Gasteiger partial charge < -0.3 is 9.73 Å². The average molecular weight is 193 g/mol. The van der Waals surface area contributed by atoms with E-state index in [1.807, 2.05) is 12.1 Å². The molecule has 0 unspecified atom stereocenters. The van der Waals surface area contributed by atoms with Gasteiger partial charge in [-0.1, -0.05) is 19.8 Å². The van der Waals surface area contributed by atoms with Crippen LogP contribution in [-0.2, 0) is 6.54 Å². The van der Waals surface area contributed by atoms with E-state index in [0.29, 0.717) is 6.04 Å². The van der Waals surface area contributed by atoms with E-state index in [9.17, 15) is 0 Å². The third-order valence-electron chi connectivity index (χ3n) is 3.23. The molecule has 2 rings (SSSR count). The molecule has 1 aliphatic rings. The van der Waals surface area contributed by atoms with Gasteiger partial charge in [0.2, 0.25) is 0 Å². The van der Waals surface area contributed by atoms with Crippen molar-refractivity contribution < 1.29 is 4.42 Å². The number of hydrogen-bond acceptors (Lipinski definition) is 2. The molecule has 1 saturated carbocycles. The van der Waals surface area contributed by atoms with Gasteiger partial charge in [0.1, 0.15) is 5.76 Å². The molecular formula is C12H19NO. The lowest BCUT2D eigenvalue weighted by Gasteiger charge is -2.29. The Labute approximate surface area is 85.7 Å². The van der Waals surface area contributed by atoms with Crippen LogP contribution in [0, 0.1) is 5.92 Å². The molecule has 1 fully saturated rings. The summed E-state index contributed by atoms with van der Waals surface area (Å²) in [5.74, 6) is 1.86. The van der Waals surface area contributed by atoms with Gasteiger partial charge in [0.25, 0.3) is 0 Å². The van der Waals surface area contributed by atoms with Crippen molar-refractivity contribution in [3.05, 3.63) is 24.2 Å². The van der Waals surface area contributed by atoms with Gasteiger partial charge in [-0.2, -0.15) is 0 Å². The first-order valence-corrected chi connectivity index (χ1v) is 5.62. The van der Waals surface area contributed by atoms with Gasteiger partial charge in [0, 0.05) is 6.04 Å². The van der Waals surface area contributed by atoms with Gasteiger partial charge in [-0.3, -0.25) is 0 Å². The largest absolute Gasteiger partial charge is 0.468 e. The monoisotopic (exact) mass is 193 g/mol. The maximum Gasteiger partial charge on any atom is 0.117 e. The highest BCUT2D eigenvalue weighted by atomic mass is 16.3. The SMILES string of the molecule is C[C@H]1CCCC[C@H]1NCc1ccco1. The summed E-state index contributed by atoms with van der Waals surface area (Å²) in [6.07, 6.45) is 7.21. The fourth-order valence-corrected chi connectivity index (χ4v) is 2.26. The molecule has 2 atom stereocenters. The minimum absolute atomic E-state index is 0.689. The molecule has 2 heteroatoms. The molecule has 1 aromatic rings. The standard InChI is InChI=1S/C12H19NO/c1-10-5-2-3-7-12(10)13-9-11-6-4-8-14-11/h4,6,8,10,12-13H,2-3,5,7,9H2,1H3/t10-,12+/m0/s1. The molecule has 78 valence electrons. The first-order chi connectivity index (χ1) is 6.86. The maximum absolute atomic E-state index is 5.30. The van der Waals surface area contributed by atoms with Crippen molar-refractivity contribution >= 4 is 0 Å². The van der Waals surface area contributed by atoms with Crippen LogP contribution in [0.15, 0.2) is 22.8 Å². The summed E-state index contributed by atoms with van der Waals surface area (Å²) in [6.45, 7) is 3.22. The van der Waals surface area contributed by atoms with Crippen LogP contribution in [0.2, 0.25) is 0 Å². The molecule has 1 aromatic heterocycles. The number of rotatable bonds is 3. The second-order valence-electron chi connectivity index (χ2n) is 4.33. The van der Waals surface area contributed by atoms with Gasteiger partial charge >= 0.3 is 0 Å². The molecule has 0 saturated heterocycles. The Hall–Kier alpha value is -0.760. The van der Waals surface area contributed by atoms with Gasteiger partial charge in [-0.25, -0.2) is 0 Å². The quantitative estimate of drug-likeness (QED) is 0.798. The van der Waals surface area contributed by atoms with E-state index in [0.717, 1.165) is 18.2 Å². The Balaban J connectivity index is 1.79. The highest BCUT2D eigenvalue weighted by Gasteiger charge is 2.20. The second kappa shape index (κ2) is 4.65. The van der Waals surface area contributed by atoms with Crippen molar-refractivity contribution in [1.82, 2.24) is 5.32 Å². The molecule has 2 nitrogen and oxygen atoms in total. The summed E-state index contributed by atoms with van der Waals surface area (Å²) in [7, 11) is 0. The molecule has 0 bridgehead atoms. The van der Waals surface area contributed by atoms with Crippen LogP contribution in [0.3, 0.4) is 0 Å². The van der Waals surface area contributed by atoms with Crippen molar-refractivity contribution in [3.63, 3.8) is 0 Å². The van der Waals surface area contributed by atoms with Crippen molar-refractivity contribution in [3.8, 4) is 0 Å². The lowest BCUT2D eigenvalue weighted by Crippen LogP contribution is -2.36. The second-order valence-corrected chi connectivity index (χ2v) is 4.33. The summed E-state index contributed by atoms with van der Waals surface area (Å²) in [4.78, 5) is 0. The summed E-state index contributed by atoms with van der Waals surface area (Å²) in [5.41, 5.74) is 0. The third-order valence-corrected chi connectivity index (χ3v) is 3.23. The van der Waals surface area contributed by atoms with Crippen LogP contribution in [0.1, 0.15) is 38.4 Å².